The second kappa shape index (κ2) is 6.04. The van der Waals surface area contributed by atoms with Crippen molar-refractivity contribution < 1.29 is 19.6 Å². The number of nitro groups is 1. The molecule has 0 aliphatic heterocycles. The molecule has 2 aromatic carbocycles. The fraction of sp³-hybridized carbons (Fsp3) is 0.133. The van der Waals surface area contributed by atoms with Crippen molar-refractivity contribution >= 4 is 11.7 Å². The van der Waals surface area contributed by atoms with Crippen LogP contribution in [0.2, 0.25) is 0 Å². The van der Waals surface area contributed by atoms with Crippen LogP contribution in [0.3, 0.4) is 0 Å². The maximum Gasteiger partial charge on any atom is 0.335 e. The summed E-state index contributed by atoms with van der Waals surface area (Å²) < 4.78 is 5.53. The van der Waals surface area contributed by atoms with Gasteiger partial charge in [0.05, 0.1) is 10.5 Å². The van der Waals surface area contributed by atoms with Gasteiger partial charge in [-0.2, -0.15) is 0 Å². The maximum atomic E-state index is 10.9. The molecule has 1 N–H and O–H groups in total. The van der Waals surface area contributed by atoms with E-state index in [1.54, 1.807) is 31.2 Å². The molecule has 0 radical (unpaired) electrons. The number of carboxylic acid groups (broad SMARTS) is 1. The number of aromatic carboxylic acids is 1. The quantitative estimate of drug-likeness (QED) is 0.673. The lowest BCUT2D eigenvalue weighted by Crippen LogP contribution is -2.01. The van der Waals surface area contributed by atoms with Gasteiger partial charge in [-0.25, -0.2) is 4.79 Å². The van der Waals surface area contributed by atoms with Gasteiger partial charge < -0.3 is 9.84 Å². The summed E-state index contributed by atoms with van der Waals surface area (Å²) in [6.07, 6.45) is 0. The lowest BCUT2D eigenvalue weighted by Gasteiger charge is -2.08. The Balaban J connectivity index is 2.10. The number of non-ortho nitro benzene ring substituents is 1. The number of carbonyl (C=O) groups is 1. The number of ether oxygens (including phenoxy) is 1. The third-order valence-electron chi connectivity index (χ3n) is 2.96. The Bertz CT molecular complexity index is 696. The zero-order valence-corrected chi connectivity index (χ0v) is 11.3. The minimum absolute atomic E-state index is 0.00788. The predicted molar refractivity (Wildman–Crippen MR) is 75.6 cm³/mol. The largest absolute Gasteiger partial charge is 0.489 e. The summed E-state index contributed by atoms with van der Waals surface area (Å²) in [6, 6.07) is 10.8. The Morgan fingerprint density at radius 2 is 2.05 bits per heavy atom. The van der Waals surface area contributed by atoms with Crippen molar-refractivity contribution in [1.29, 1.82) is 0 Å². The van der Waals surface area contributed by atoms with E-state index in [-0.39, 0.29) is 17.9 Å². The zero-order valence-electron chi connectivity index (χ0n) is 11.3. The van der Waals surface area contributed by atoms with Crippen LogP contribution in [0.4, 0.5) is 5.69 Å². The molecule has 0 aliphatic carbocycles. The van der Waals surface area contributed by atoms with Crippen LogP contribution in [0, 0.1) is 17.0 Å². The molecule has 0 aliphatic rings. The molecule has 0 bridgehead atoms. The maximum absolute atomic E-state index is 10.9. The number of benzene rings is 2. The highest BCUT2D eigenvalue weighted by Gasteiger charge is 2.09. The summed E-state index contributed by atoms with van der Waals surface area (Å²) >= 11 is 0. The molecule has 0 saturated carbocycles. The molecule has 0 saturated heterocycles. The smallest absolute Gasteiger partial charge is 0.335 e. The fourth-order valence-corrected chi connectivity index (χ4v) is 1.89. The Morgan fingerprint density at radius 1 is 1.29 bits per heavy atom. The zero-order chi connectivity index (χ0) is 15.4. The minimum atomic E-state index is -0.988. The fourth-order valence-electron chi connectivity index (χ4n) is 1.89. The third kappa shape index (κ3) is 3.56. The first-order valence-corrected chi connectivity index (χ1v) is 6.17. The molecule has 6 heteroatoms. The van der Waals surface area contributed by atoms with E-state index in [0.29, 0.717) is 16.9 Å². The number of nitro benzene ring substituents is 1. The van der Waals surface area contributed by atoms with Gasteiger partial charge in [0.15, 0.2) is 0 Å². The van der Waals surface area contributed by atoms with Crippen LogP contribution in [0.5, 0.6) is 5.75 Å². The van der Waals surface area contributed by atoms with Crippen LogP contribution < -0.4 is 4.74 Å². The number of hydrogen-bond donors (Lipinski definition) is 1. The molecule has 0 aromatic heterocycles. The molecule has 0 spiro atoms. The lowest BCUT2D eigenvalue weighted by molar-refractivity contribution is -0.384. The Hall–Kier alpha value is -2.89. The third-order valence-corrected chi connectivity index (χ3v) is 2.96. The summed E-state index contributed by atoms with van der Waals surface area (Å²) in [5.41, 5.74) is 1.49. The van der Waals surface area contributed by atoms with Crippen molar-refractivity contribution in [2.75, 3.05) is 0 Å². The van der Waals surface area contributed by atoms with E-state index in [1.165, 1.54) is 18.2 Å². The van der Waals surface area contributed by atoms with Crippen LogP contribution in [-0.4, -0.2) is 16.0 Å². The number of rotatable bonds is 5. The average molecular weight is 287 g/mol. The summed E-state index contributed by atoms with van der Waals surface area (Å²) in [5, 5.41) is 19.6. The van der Waals surface area contributed by atoms with Crippen molar-refractivity contribution in [3.05, 3.63) is 69.3 Å². The summed E-state index contributed by atoms with van der Waals surface area (Å²) in [4.78, 5) is 21.1. The van der Waals surface area contributed by atoms with Gasteiger partial charge in [-0.1, -0.05) is 12.1 Å². The minimum Gasteiger partial charge on any atom is -0.489 e. The molecule has 0 atom stereocenters. The Labute approximate surface area is 120 Å². The molecule has 108 valence electrons. The van der Waals surface area contributed by atoms with Crippen molar-refractivity contribution in [2.24, 2.45) is 0 Å². The normalized spacial score (nSPS) is 10.1. The van der Waals surface area contributed by atoms with Gasteiger partial charge in [0.25, 0.3) is 5.69 Å². The molecule has 21 heavy (non-hydrogen) atoms. The average Bonchev–Trinajstić information content (AvgIpc) is 2.45. The van der Waals surface area contributed by atoms with E-state index in [0.717, 1.165) is 0 Å². The second-order valence-electron chi connectivity index (χ2n) is 4.50. The summed E-state index contributed by atoms with van der Waals surface area (Å²) in [5.74, 6) is -0.471. The molecular formula is C15H13NO5. The molecule has 0 heterocycles. The van der Waals surface area contributed by atoms with Crippen LogP contribution in [0.1, 0.15) is 21.5 Å². The second-order valence-corrected chi connectivity index (χ2v) is 4.50. The highest BCUT2D eigenvalue weighted by atomic mass is 16.6. The van der Waals surface area contributed by atoms with Crippen molar-refractivity contribution in [3.8, 4) is 5.75 Å². The number of aryl methyl sites for hydroxylation is 1. The van der Waals surface area contributed by atoms with E-state index in [9.17, 15) is 14.9 Å². The van der Waals surface area contributed by atoms with Crippen LogP contribution in [-0.2, 0) is 6.61 Å². The topological polar surface area (TPSA) is 89.7 Å². The van der Waals surface area contributed by atoms with Gasteiger partial charge >= 0.3 is 5.97 Å². The SMILES string of the molecule is Cc1cc(OCc2cccc([N+](=O)[O-])c2)ccc1C(=O)O. The molecule has 2 aromatic rings. The summed E-state index contributed by atoms with van der Waals surface area (Å²) in [7, 11) is 0. The van der Waals surface area contributed by atoms with Gasteiger partial charge in [0, 0.05) is 12.1 Å². The Kier molecular flexibility index (Phi) is 4.18. The van der Waals surface area contributed by atoms with Crippen molar-refractivity contribution in [3.63, 3.8) is 0 Å². The molecular weight excluding hydrogens is 274 g/mol. The predicted octanol–water partition coefficient (Wildman–Crippen LogP) is 3.18. The van der Waals surface area contributed by atoms with E-state index in [1.807, 2.05) is 0 Å². The van der Waals surface area contributed by atoms with Crippen LogP contribution in [0.25, 0.3) is 0 Å². The monoisotopic (exact) mass is 287 g/mol. The molecule has 2 rings (SSSR count). The number of hydrogen-bond acceptors (Lipinski definition) is 4. The lowest BCUT2D eigenvalue weighted by atomic mass is 10.1. The molecule has 0 fully saturated rings. The number of nitrogens with zero attached hydrogens (tertiary/aromatic N) is 1. The van der Waals surface area contributed by atoms with E-state index < -0.39 is 10.9 Å². The first kappa shape index (κ1) is 14.5. The molecule has 0 unspecified atom stereocenters. The number of carboxylic acids is 1. The summed E-state index contributed by atoms with van der Waals surface area (Å²) in [6.45, 7) is 1.86. The van der Waals surface area contributed by atoms with Crippen LogP contribution in [0.15, 0.2) is 42.5 Å². The van der Waals surface area contributed by atoms with Gasteiger partial charge in [-0.3, -0.25) is 10.1 Å². The van der Waals surface area contributed by atoms with Gasteiger partial charge in [-0.05, 0) is 36.2 Å². The molecule has 0 amide bonds. The standard InChI is InChI=1S/C15H13NO5/c1-10-7-13(5-6-14(10)15(17)18)21-9-11-3-2-4-12(8-11)16(19)20/h2-8H,9H2,1H3,(H,17,18). The van der Waals surface area contributed by atoms with Crippen molar-refractivity contribution in [2.45, 2.75) is 13.5 Å². The van der Waals surface area contributed by atoms with Gasteiger partial charge in [0.1, 0.15) is 12.4 Å². The first-order valence-electron chi connectivity index (χ1n) is 6.17. The molecule has 6 nitrogen and oxygen atoms in total. The van der Waals surface area contributed by atoms with E-state index in [2.05, 4.69) is 0 Å². The Morgan fingerprint density at radius 3 is 2.67 bits per heavy atom. The highest BCUT2D eigenvalue weighted by molar-refractivity contribution is 5.89. The van der Waals surface area contributed by atoms with E-state index in [4.69, 9.17) is 9.84 Å². The first-order chi connectivity index (χ1) is 9.97. The highest BCUT2D eigenvalue weighted by Crippen LogP contribution is 2.20. The van der Waals surface area contributed by atoms with Crippen LogP contribution >= 0.6 is 0 Å². The van der Waals surface area contributed by atoms with Gasteiger partial charge in [0.2, 0.25) is 0 Å². The van der Waals surface area contributed by atoms with E-state index >= 15 is 0 Å². The van der Waals surface area contributed by atoms with Crippen molar-refractivity contribution in [1.82, 2.24) is 0 Å². The van der Waals surface area contributed by atoms with Gasteiger partial charge in [-0.15, -0.1) is 0 Å².